The molecule has 3 N–H and O–H groups in total. The van der Waals surface area contributed by atoms with Gasteiger partial charge in [-0.2, -0.15) is 0 Å². The molecule has 4 nitrogen and oxygen atoms in total. The molecule has 1 aliphatic heterocycles. The number of carbonyl (C=O) groups is 1. The van der Waals surface area contributed by atoms with E-state index in [1.165, 1.54) is 43.6 Å². The molecule has 0 aliphatic carbocycles. The maximum Gasteiger partial charge on any atom is 0.215 e. The van der Waals surface area contributed by atoms with Crippen LogP contribution in [0.2, 0.25) is 0 Å². The van der Waals surface area contributed by atoms with E-state index in [0.29, 0.717) is 10.6 Å². The highest BCUT2D eigenvalue weighted by atomic mass is 32.1. The number of rotatable bonds is 3. The number of likely N-dealkylation sites (N-methyl/N-ethyl adjacent to an activating group) is 1. The molecule has 1 aliphatic rings. The number of thiophene rings is 3. The molecule has 4 aromatic heterocycles. The van der Waals surface area contributed by atoms with Crippen molar-refractivity contribution in [2.24, 2.45) is 0 Å². The maximum atomic E-state index is 13.0. The molecule has 0 amide bonds. The highest BCUT2D eigenvalue weighted by molar-refractivity contribution is 7.22. The standard InChI is InChI=1S/C20H17N3OS3/c1-23-7-6-12-11(10-23)15(13-4-2-8-25-13)16-17(21)19(27-20(16)22-12)18(24)14-5-3-9-26-14/h2-5,8-9H,6-7,10,21H2,1H3/p+1. The summed E-state index contributed by atoms with van der Waals surface area (Å²) in [6, 6.07) is 7.96. The maximum absolute atomic E-state index is 13.0. The fourth-order valence-electron chi connectivity index (χ4n) is 3.74. The molecule has 0 saturated heterocycles. The number of pyridine rings is 1. The summed E-state index contributed by atoms with van der Waals surface area (Å²) in [6.07, 6.45) is 0.960. The first-order chi connectivity index (χ1) is 13.1. The topological polar surface area (TPSA) is 60.4 Å². The van der Waals surface area contributed by atoms with Crippen LogP contribution in [-0.2, 0) is 13.0 Å². The fraction of sp³-hybridized carbons (Fsp3) is 0.200. The second-order valence-corrected chi connectivity index (χ2v) is 9.75. The Labute approximate surface area is 168 Å². The summed E-state index contributed by atoms with van der Waals surface area (Å²) in [6.45, 7) is 2.02. The first-order valence-corrected chi connectivity index (χ1v) is 11.4. The number of hydrogen-bond donors (Lipinski definition) is 2. The molecule has 0 fully saturated rings. The van der Waals surface area contributed by atoms with Crippen molar-refractivity contribution < 1.29 is 9.69 Å². The van der Waals surface area contributed by atoms with Crippen molar-refractivity contribution in [3.63, 3.8) is 0 Å². The molecule has 27 heavy (non-hydrogen) atoms. The Morgan fingerprint density at radius 3 is 2.78 bits per heavy atom. The molecule has 1 atom stereocenters. The number of aromatic nitrogens is 1. The van der Waals surface area contributed by atoms with Crippen molar-refractivity contribution in [2.45, 2.75) is 13.0 Å². The van der Waals surface area contributed by atoms with E-state index in [2.05, 4.69) is 24.6 Å². The van der Waals surface area contributed by atoms with Gasteiger partial charge in [-0.05, 0) is 22.9 Å². The van der Waals surface area contributed by atoms with E-state index in [-0.39, 0.29) is 5.78 Å². The number of anilines is 1. The molecule has 0 saturated carbocycles. The van der Waals surface area contributed by atoms with Crippen LogP contribution in [0.1, 0.15) is 25.8 Å². The van der Waals surface area contributed by atoms with Crippen LogP contribution in [-0.4, -0.2) is 24.4 Å². The second-order valence-electron chi connectivity index (χ2n) is 6.85. The summed E-state index contributed by atoms with van der Waals surface area (Å²) in [5.41, 5.74) is 10.8. The third kappa shape index (κ3) is 2.73. The zero-order valence-corrected chi connectivity index (χ0v) is 17.2. The van der Waals surface area contributed by atoms with Gasteiger partial charge in [0.05, 0.1) is 29.9 Å². The number of ketones is 1. The van der Waals surface area contributed by atoms with Crippen LogP contribution in [0.4, 0.5) is 5.69 Å². The van der Waals surface area contributed by atoms with Gasteiger partial charge in [0.15, 0.2) is 0 Å². The summed E-state index contributed by atoms with van der Waals surface area (Å²) in [7, 11) is 2.22. The van der Waals surface area contributed by atoms with Crippen LogP contribution >= 0.6 is 34.0 Å². The van der Waals surface area contributed by atoms with Gasteiger partial charge in [0.1, 0.15) is 16.3 Å². The summed E-state index contributed by atoms with van der Waals surface area (Å²) >= 11 is 4.60. The molecule has 0 aromatic carbocycles. The smallest absolute Gasteiger partial charge is 0.215 e. The predicted molar refractivity (Wildman–Crippen MR) is 114 cm³/mol. The molecule has 7 heteroatoms. The van der Waals surface area contributed by atoms with Crippen molar-refractivity contribution in [1.29, 1.82) is 0 Å². The third-order valence-electron chi connectivity index (χ3n) is 5.05. The fourth-order valence-corrected chi connectivity index (χ4v) is 6.35. The van der Waals surface area contributed by atoms with Gasteiger partial charge in [-0.25, -0.2) is 4.98 Å². The van der Waals surface area contributed by atoms with Crippen LogP contribution in [0.25, 0.3) is 20.7 Å². The molecule has 136 valence electrons. The van der Waals surface area contributed by atoms with Gasteiger partial charge in [-0.1, -0.05) is 12.1 Å². The molecular formula is C20H18N3OS3+. The largest absolute Gasteiger partial charge is 0.397 e. The van der Waals surface area contributed by atoms with E-state index < -0.39 is 0 Å². The lowest BCUT2D eigenvalue weighted by Gasteiger charge is -2.24. The molecule has 0 radical (unpaired) electrons. The number of fused-ring (bicyclic) bond motifs is 2. The number of nitrogen functional groups attached to an aromatic ring is 1. The Kier molecular flexibility index (Phi) is 4.12. The minimum absolute atomic E-state index is 0.00310. The lowest BCUT2D eigenvalue weighted by molar-refractivity contribution is -0.895. The zero-order chi connectivity index (χ0) is 18.5. The predicted octanol–water partition coefficient (Wildman–Crippen LogP) is 3.47. The van der Waals surface area contributed by atoms with Crippen molar-refractivity contribution in [1.82, 2.24) is 4.98 Å². The van der Waals surface area contributed by atoms with E-state index in [4.69, 9.17) is 10.7 Å². The highest BCUT2D eigenvalue weighted by Crippen LogP contribution is 2.44. The Hall–Kier alpha value is -2.06. The summed E-state index contributed by atoms with van der Waals surface area (Å²) < 4.78 is 0. The molecular weight excluding hydrogens is 394 g/mol. The summed E-state index contributed by atoms with van der Waals surface area (Å²) in [4.78, 5) is 22.8. The molecule has 4 aromatic rings. The molecule has 0 bridgehead atoms. The van der Waals surface area contributed by atoms with Crippen LogP contribution in [0, 0.1) is 0 Å². The van der Waals surface area contributed by atoms with Gasteiger partial charge in [0, 0.05) is 27.8 Å². The lowest BCUT2D eigenvalue weighted by Crippen LogP contribution is -3.08. The molecule has 1 unspecified atom stereocenters. The number of nitrogens with one attached hydrogen (secondary N) is 1. The first kappa shape index (κ1) is 17.1. The van der Waals surface area contributed by atoms with Crippen LogP contribution < -0.4 is 10.6 Å². The average molecular weight is 413 g/mol. The number of nitrogens with two attached hydrogens (primary N) is 1. The van der Waals surface area contributed by atoms with Gasteiger partial charge >= 0.3 is 0 Å². The van der Waals surface area contributed by atoms with Crippen LogP contribution in [0.5, 0.6) is 0 Å². The Balaban J connectivity index is 1.81. The third-order valence-corrected chi connectivity index (χ3v) is 7.90. The van der Waals surface area contributed by atoms with E-state index in [9.17, 15) is 4.79 Å². The van der Waals surface area contributed by atoms with E-state index in [1.54, 1.807) is 11.3 Å². The molecule has 5 rings (SSSR count). The van der Waals surface area contributed by atoms with Crippen molar-refractivity contribution >= 4 is 55.7 Å². The number of hydrogen-bond acceptors (Lipinski definition) is 6. The monoisotopic (exact) mass is 412 g/mol. The van der Waals surface area contributed by atoms with Gasteiger partial charge < -0.3 is 10.6 Å². The minimum Gasteiger partial charge on any atom is -0.397 e. The number of carbonyl (C=O) groups excluding carboxylic acids is 1. The van der Waals surface area contributed by atoms with Crippen molar-refractivity contribution in [2.75, 3.05) is 19.3 Å². The van der Waals surface area contributed by atoms with E-state index >= 15 is 0 Å². The van der Waals surface area contributed by atoms with E-state index in [0.717, 1.165) is 40.3 Å². The number of quaternary nitrogens is 1. The van der Waals surface area contributed by atoms with E-state index in [1.807, 2.05) is 17.5 Å². The Morgan fingerprint density at radius 1 is 1.22 bits per heavy atom. The van der Waals surface area contributed by atoms with Gasteiger partial charge in [-0.15, -0.1) is 34.0 Å². The van der Waals surface area contributed by atoms with Gasteiger partial charge in [0.2, 0.25) is 5.78 Å². The normalized spacial score (nSPS) is 16.6. The number of nitrogens with zero attached hydrogens (tertiary/aromatic N) is 1. The Morgan fingerprint density at radius 2 is 2.04 bits per heavy atom. The quantitative estimate of drug-likeness (QED) is 0.507. The summed E-state index contributed by atoms with van der Waals surface area (Å²) in [5, 5.41) is 4.97. The summed E-state index contributed by atoms with van der Waals surface area (Å²) in [5.74, 6) is 0.00310. The SMILES string of the molecule is C[NH+]1CCc2nc3sc(C(=O)c4cccs4)c(N)c3c(-c3cccs3)c2C1. The lowest BCUT2D eigenvalue weighted by atomic mass is 9.96. The van der Waals surface area contributed by atoms with Crippen molar-refractivity contribution in [3.8, 4) is 10.4 Å². The average Bonchev–Trinajstić information content (AvgIpc) is 3.42. The van der Waals surface area contributed by atoms with Crippen LogP contribution in [0.3, 0.4) is 0 Å². The zero-order valence-electron chi connectivity index (χ0n) is 14.7. The minimum atomic E-state index is 0.00310. The highest BCUT2D eigenvalue weighted by Gasteiger charge is 2.29. The van der Waals surface area contributed by atoms with Crippen molar-refractivity contribution in [3.05, 3.63) is 56.0 Å². The first-order valence-electron chi connectivity index (χ1n) is 8.80. The Bertz CT molecular complexity index is 1140. The van der Waals surface area contributed by atoms with Gasteiger partial charge in [0.25, 0.3) is 0 Å². The van der Waals surface area contributed by atoms with Gasteiger partial charge in [-0.3, -0.25) is 4.79 Å². The van der Waals surface area contributed by atoms with Crippen LogP contribution in [0.15, 0.2) is 35.0 Å². The second kappa shape index (κ2) is 6.53. The molecule has 5 heterocycles. The molecule has 0 spiro atoms.